The Morgan fingerprint density at radius 3 is 2.36 bits per heavy atom. The van der Waals surface area contributed by atoms with E-state index in [1.165, 1.54) is 5.56 Å². The van der Waals surface area contributed by atoms with Crippen LogP contribution in [0.3, 0.4) is 0 Å². The molecule has 1 unspecified atom stereocenters. The standard InChI is InChI=1S/C9H7.CH3.3BrH.Hf/c1-2-5-9-7-3-6-8(9)4-1;;;;;/h1-7H;1H3;3*1H;. The topological polar surface area (TPSA) is 0 Å². The van der Waals surface area contributed by atoms with Gasteiger partial charge in [-0.25, -0.2) is 0 Å². The molecule has 0 aliphatic heterocycles. The van der Waals surface area contributed by atoms with Crippen molar-refractivity contribution in [1.82, 2.24) is 0 Å². The first-order valence-electron chi connectivity index (χ1n) is 3.86. The van der Waals surface area contributed by atoms with Crippen LogP contribution in [0.4, 0.5) is 0 Å². The van der Waals surface area contributed by atoms with E-state index in [9.17, 15) is 0 Å². The second kappa shape index (κ2) is 8.43. The average molecular weight is 551 g/mol. The van der Waals surface area contributed by atoms with E-state index in [1.54, 1.807) is 5.56 Å². The van der Waals surface area contributed by atoms with Crippen molar-refractivity contribution in [2.24, 2.45) is 0 Å². The quantitative estimate of drug-likeness (QED) is 0.448. The maximum absolute atomic E-state index is 2.43. The summed E-state index contributed by atoms with van der Waals surface area (Å²) in [6.07, 6.45) is 4.66. The molecule has 0 aromatic heterocycles. The van der Waals surface area contributed by atoms with Crippen LogP contribution in [0, 0.1) is 0 Å². The van der Waals surface area contributed by atoms with E-state index in [0.29, 0.717) is 0 Å². The summed E-state index contributed by atoms with van der Waals surface area (Å²) in [5, 5.41) is 0. The van der Waals surface area contributed by atoms with E-state index in [0.717, 1.165) is 3.67 Å². The van der Waals surface area contributed by atoms with Gasteiger partial charge in [-0.15, -0.1) is 50.9 Å². The molecule has 1 atom stereocenters. The summed E-state index contributed by atoms with van der Waals surface area (Å²) in [7, 11) is 0. The molecule has 0 nitrogen and oxygen atoms in total. The monoisotopic (exact) mass is 550 g/mol. The Hall–Kier alpha value is 1.27. The fourth-order valence-corrected chi connectivity index (χ4v) is 4.60. The van der Waals surface area contributed by atoms with E-state index in [2.05, 4.69) is 41.1 Å². The molecule has 1 aromatic rings. The van der Waals surface area contributed by atoms with Gasteiger partial charge in [0, 0.05) is 0 Å². The minimum absolute atomic E-state index is 0. The molecule has 0 saturated carbocycles. The van der Waals surface area contributed by atoms with Crippen molar-refractivity contribution in [2.45, 2.75) is 8.35 Å². The number of allylic oxidation sites excluding steroid dienone is 1. The first kappa shape index (κ1) is 17.7. The fraction of sp³-hybridized carbons (Fsp3) is 0.200. The van der Waals surface area contributed by atoms with Crippen molar-refractivity contribution in [3.63, 3.8) is 0 Å². The van der Waals surface area contributed by atoms with E-state index < -0.39 is 0 Å². The predicted molar refractivity (Wildman–Crippen MR) is 75.0 cm³/mol. The first-order chi connectivity index (χ1) is 5.42. The summed E-state index contributed by atoms with van der Waals surface area (Å²) >= 11 is -0.353. The maximum atomic E-state index is 2.43. The average Bonchev–Trinajstić information content (AvgIpc) is 2.47. The Kier molecular flexibility index (Phi) is 10.6. The molecule has 4 heteroatoms. The molecule has 0 spiro atoms. The van der Waals surface area contributed by atoms with Crippen molar-refractivity contribution in [3.05, 3.63) is 41.5 Å². The summed E-state index contributed by atoms with van der Waals surface area (Å²) in [5.74, 6) is 0. The zero-order chi connectivity index (χ0) is 7.68. The van der Waals surface area contributed by atoms with Crippen molar-refractivity contribution >= 4 is 57.0 Å². The zero-order valence-corrected chi connectivity index (χ0v) is 16.5. The van der Waals surface area contributed by atoms with Gasteiger partial charge in [-0.2, -0.15) is 0 Å². The Morgan fingerprint density at radius 1 is 1.07 bits per heavy atom. The molecule has 0 bridgehead atoms. The Morgan fingerprint density at radius 2 is 1.71 bits per heavy atom. The molecular formula is C10H13Br3Hf. The number of halogens is 3. The summed E-state index contributed by atoms with van der Waals surface area (Å²) in [6, 6.07) is 8.76. The number of hydrogen-bond donors (Lipinski definition) is 0. The van der Waals surface area contributed by atoms with Gasteiger partial charge in [0.15, 0.2) is 0 Å². The minimum atomic E-state index is -0.353. The van der Waals surface area contributed by atoms with Crippen LogP contribution in [0.25, 0.3) is 6.08 Å². The third kappa shape index (κ3) is 3.69. The van der Waals surface area contributed by atoms with Gasteiger partial charge in [-0.1, -0.05) is 0 Å². The summed E-state index contributed by atoms with van der Waals surface area (Å²) in [6.45, 7) is 0. The van der Waals surface area contributed by atoms with Crippen LogP contribution < -0.4 is 0 Å². The van der Waals surface area contributed by atoms with Crippen molar-refractivity contribution in [2.75, 3.05) is 0 Å². The first-order valence-corrected chi connectivity index (χ1v) is 9.53. The molecule has 1 aromatic carbocycles. The number of hydrogen-bond acceptors (Lipinski definition) is 0. The van der Waals surface area contributed by atoms with E-state index >= 15 is 0 Å². The zero-order valence-electron chi connectivity index (χ0n) is 7.77. The Labute approximate surface area is 128 Å². The fourth-order valence-electron chi connectivity index (χ4n) is 1.50. The molecule has 1 aliphatic rings. The summed E-state index contributed by atoms with van der Waals surface area (Å²) in [4.78, 5) is 0. The van der Waals surface area contributed by atoms with Crippen LogP contribution in [0.1, 0.15) is 14.8 Å². The molecule has 1 aliphatic carbocycles. The van der Waals surface area contributed by atoms with Crippen molar-refractivity contribution in [3.8, 4) is 0 Å². The molecule has 0 fully saturated rings. The van der Waals surface area contributed by atoms with Crippen molar-refractivity contribution in [1.29, 1.82) is 0 Å². The second-order valence-electron chi connectivity index (χ2n) is 2.75. The normalized spacial score (nSPS) is 15.6. The molecule has 78 valence electrons. The number of benzene rings is 1. The Bertz CT molecular complexity index is 299. The van der Waals surface area contributed by atoms with E-state index in [-0.39, 0.29) is 73.9 Å². The van der Waals surface area contributed by atoms with Crippen molar-refractivity contribution < 1.29 is 22.9 Å². The number of fused-ring (bicyclic) bond motifs is 1. The van der Waals surface area contributed by atoms with Crippen LogP contribution in [0.15, 0.2) is 30.3 Å². The molecule has 0 N–H and O–H groups in total. The van der Waals surface area contributed by atoms with Crippen LogP contribution >= 0.6 is 50.9 Å². The second-order valence-corrected chi connectivity index (χ2v) is 7.06. The van der Waals surface area contributed by atoms with Crippen LogP contribution in [-0.2, 0) is 22.9 Å². The van der Waals surface area contributed by atoms with E-state index in [4.69, 9.17) is 0 Å². The predicted octanol–water partition coefficient (Wildman–Crippen LogP) is 4.62. The Balaban J connectivity index is 0. The van der Waals surface area contributed by atoms with Crippen LogP contribution in [0.2, 0.25) is 4.68 Å². The van der Waals surface area contributed by atoms with Crippen LogP contribution in [-0.4, -0.2) is 0 Å². The molecule has 14 heavy (non-hydrogen) atoms. The molecule has 0 amide bonds. The molecule has 0 radical (unpaired) electrons. The summed E-state index contributed by atoms with van der Waals surface area (Å²) in [5.41, 5.74) is 3.03. The molecule has 0 saturated heterocycles. The van der Waals surface area contributed by atoms with Gasteiger partial charge in [0.05, 0.1) is 0 Å². The number of rotatable bonds is 1. The SMILES string of the molecule is Br.Br.Br.[CH3][Hf][CH]1C=Cc2ccccc21. The van der Waals surface area contributed by atoms with Gasteiger partial charge in [0.2, 0.25) is 0 Å². The van der Waals surface area contributed by atoms with Gasteiger partial charge < -0.3 is 0 Å². The van der Waals surface area contributed by atoms with Gasteiger partial charge in [0.1, 0.15) is 0 Å². The third-order valence-corrected chi connectivity index (χ3v) is 6.15. The van der Waals surface area contributed by atoms with Gasteiger partial charge in [-0.05, 0) is 0 Å². The molecule has 2 rings (SSSR count). The third-order valence-electron chi connectivity index (χ3n) is 2.11. The molecular weight excluding hydrogens is 538 g/mol. The van der Waals surface area contributed by atoms with E-state index in [1.807, 2.05) is 0 Å². The summed E-state index contributed by atoms with van der Waals surface area (Å²) < 4.78 is 3.29. The van der Waals surface area contributed by atoms with Gasteiger partial charge in [0.25, 0.3) is 0 Å². The molecule has 0 heterocycles. The van der Waals surface area contributed by atoms with Gasteiger partial charge >= 0.3 is 78.8 Å². The van der Waals surface area contributed by atoms with Gasteiger partial charge in [-0.3, -0.25) is 0 Å². The van der Waals surface area contributed by atoms with Crippen LogP contribution in [0.5, 0.6) is 0 Å².